The van der Waals surface area contributed by atoms with Crippen LogP contribution in [0.5, 0.6) is 6.01 Å². The number of rotatable bonds is 3. The van der Waals surface area contributed by atoms with E-state index in [0.717, 1.165) is 31.6 Å². The zero-order chi connectivity index (χ0) is 13.9. The molecule has 0 aromatic carbocycles. The maximum atomic E-state index is 11.4. The number of carbonyl (C=O) groups is 1. The number of methoxy groups -OCH3 is 1. The van der Waals surface area contributed by atoms with Crippen molar-refractivity contribution < 1.29 is 14.3 Å². The van der Waals surface area contributed by atoms with Crippen molar-refractivity contribution in [3.05, 3.63) is 18.0 Å². The van der Waals surface area contributed by atoms with E-state index in [1.54, 1.807) is 19.5 Å². The lowest BCUT2D eigenvalue weighted by molar-refractivity contribution is -0.140. The molecule has 2 atom stereocenters. The molecule has 3 heterocycles. The summed E-state index contributed by atoms with van der Waals surface area (Å²) in [6.07, 6.45) is 4.63. The van der Waals surface area contributed by atoms with Gasteiger partial charge in [-0.3, -0.25) is 9.69 Å². The number of hydrogen-bond acceptors (Lipinski definition) is 6. The van der Waals surface area contributed by atoms with Gasteiger partial charge in [-0.25, -0.2) is 9.97 Å². The highest BCUT2D eigenvalue weighted by molar-refractivity contribution is 5.78. The predicted octanol–water partition coefficient (Wildman–Crippen LogP) is -0.425. The van der Waals surface area contributed by atoms with Gasteiger partial charge in [0.05, 0.1) is 19.3 Å². The monoisotopic (exact) mass is 278 g/mol. The number of aromatic nitrogens is 2. The third kappa shape index (κ3) is 2.88. The molecule has 108 valence electrons. The van der Waals surface area contributed by atoms with Crippen molar-refractivity contribution in [1.82, 2.24) is 20.2 Å². The number of likely N-dealkylation sites (tertiary alicyclic amines) is 1. The van der Waals surface area contributed by atoms with Crippen LogP contribution in [0.4, 0.5) is 0 Å². The summed E-state index contributed by atoms with van der Waals surface area (Å²) in [5.74, 6) is -0.0270. The summed E-state index contributed by atoms with van der Waals surface area (Å²) >= 11 is 0. The fraction of sp³-hybridized carbons (Fsp3) is 0.615. The Hall–Kier alpha value is -1.73. The third-order valence-corrected chi connectivity index (χ3v) is 3.68. The average molecular weight is 278 g/mol. The van der Waals surface area contributed by atoms with Crippen LogP contribution in [-0.4, -0.2) is 59.7 Å². The second-order valence-electron chi connectivity index (χ2n) is 5.13. The van der Waals surface area contributed by atoms with Gasteiger partial charge in [0.1, 0.15) is 6.61 Å². The van der Waals surface area contributed by atoms with E-state index in [-0.39, 0.29) is 24.7 Å². The fourth-order valence-corrected chi connectivity index (χ4v) is 2.70. The summed E-state index contributed by atoms with van der Waals surface area (Å²) in [5.41, 5.74) is 1.03. The van der Waals surface area contributed by atoms with E-state index in [1.807, 2.05) is 0 Å². The lowest BCUT2D eigenvalue weighted by Gasteiger charge is -2.41. The zero-order valence-corrected chi connectivity index (χ0v) is 11.4. The van der Waals surface area contributed by atoms with E-state index in [4.69, 9.17) is 9.47 Å². The quantitative estimate of drug-likeness (QED) is 0.809. The first-order chi connectivity index (χ1) is 9.74. The highest BCUT2D eigenvalue weighted by Gasteiger charge is 2.34. The number of fused-ring (bicyclic) bond motifs is 1. The van der Waals surface area contributed by atoms with E-state index in [2.05, 4.69) is 20.2 Å². The minimum absolute atomic E-state index is 0.0270. The second-order valence-corrected chi connectivity index (χ2v) is 5.13. The van der Waals surface area contributed by atoms with Crippen LogP contribution in [0.2, 0.25) is 0 Å². The molecule has 0 unspecified atom stereocenters. The molecule has 0 bridgehead atoms. The SMILES string of the molecule is COc1ncc(CN2CC[C@@H]3OCC(=O)N[C@H]3C2)cn1. The molecule has 3 rings (SSSR count). The largest absolute Gasteiger partial charge is 0.467 e. The van der Waals surface area contributed by atoms with Gasteiger partial charge in [-0.1, -0.05) is 0 Å². The molecule has 2 aliphatic rings. The molecule has 0 aliphatic carbocycles. The van der Waals surface area contributed by atoms with E-state index >= 15 is 0 Å². The van der Waals surface area contributed by atoms with Gasteiger partial charge in [0.15, 0.2) is 0 Å². The number of hydrogen-bond donors (Lipinski definition) is 1. The molecule has 7 heteroatoms. The van der Waals surface area contributed by atoms with Gasteiger partial charge in [0.2, 0.25) is 5.91 Å². The van der Waals surface area contributed by atoms with Gasteiger partial charge < -0.3 is 14.8 Å². The Morgan fingerprint density at radius 1 is 1.50 bits per heavy atom. The van der Waals surface area contributed by atoms with Crippen LogP contribution >= 0.6 is 0 Å². The Kier molecular flexibility index (Phi) is 3.79. The van der Waals surface area contributed by atoms with Crippen molar-refractivity contribution in [1.29, 1.82) is 0 Å². The van der Waals surface area contributed by atoms with E-state index in [1.165, 1.54) is 0 Å². The summed E-state index contributed by atoms with van der Waals surface area (Å²) in [6.45, 7) is 2.70. The first-order valence-corrected chi connectivity index (χ1v) is 6.73. The van der Waals surface area contributed by atoms with Crippen LogP contribution in [0, 0.1) is 0 Å². The number of piperidine rings is 1. The summed E-state index contributed by atoms with van der Waals surface area (Å²) in [4.78, 5) is 21.8. The Labute approximate surface area is 117 Å². The first kappa shape index (κ1) is 13.3. The summed E-state index contributed by atoms with van der Waals surface area (Å²) in [5, 5.41) is 3.00. The lowest BCUT2D eigenvalue weighted by atomic mass is 10.0. The number of morpholine rings is 1. The Bertz CT molecular complexity index is 479. The number of carbonyl (C=O) groups excluding carboxylic acids is 1. The Balaban J connectivity index is 1.59. The van der Waals surface area contributed by atoms with Gasteiger partial charge in [0.25, 0.3) is 0 Å². The standard InChI is InChI=1S/C13H18N4O3/c1-19-13-14-4-9(5-15-13)6-17-3-2-11-10(7-17)16-12(18)8-20-11/h4-5,10-11H,2-3,6-8H2,1H3,(H,16,18)/t10-,11-/m0/s1. The van der Waals surface area contributed by atoms with Gasteiger partial charge in [0, 0.05) is 37.6 Å². The van der Waals surface area contributed by atoms with Crippen LogP contribution in [0.3, 0.4) is 0 Å². The van der Waals surface area contributed by atoms with Gasteiger partial charge in [-0.15, -0.1) is 0 Å². The highest BCUT2D eigenvalue weighted by atomic mass is 16.5. The van der Waals surface area contributed by atoms with E-state index < -0.39 is 0 Å². The zero-order valence-electron chi connectivity index (χ0n) is 11.4. The molecule has 2 saturated heterocycles. The fourth-order valence-electron chi connectivity index (χ4n) is 2.70. The molecule has 2 fully saturated rings. The summed E-state index contributed by atoms with van der Waals surface area (Å²) in [6, 6.07) is 0.463. The third-order valence-electron chi connectivity index (χ3n) is 3.68. The second kappa shape index (κ2) is 5.72. The average Bonchev–Trinajstić information content (AvgIpc) is 2.47. The van der Waals surface area contributed by atoms with Gasteiger partial charge in [-0.2, -0.15) is 0 Å². The topological polar surface area (TPSA) is 76.6 Å². The summed E-state index contributed by atoms with van der Waals surface area (Å²) < 4.78 is 10.5. The number of nitrogens with zero attached hydrogens (tertiary/aromatic N) is 3. The molecule has 7 nitrogen and oxygen atoms in total. The summed E-state index contributed by atoms with van der Waals surface area (Å²) in [7, 11) is 1.55. The van der Waals surface area contributed by atoms with E-state index in [0.29, 0.717) is 6.01 Å². The molecule has 0 spiro atoms. The number of nitrogens with one attached hydrogen (secondary N) is 1. The van der Waals surface area contributed by atoms with Gasteiger partial charge in [-0.05, 0) is 6.42 Å². The molecule has 1 amide bonds. The molecule has 1 N–H and O–H groups in total. The van der Waals surface area contributed by atoms with Crippen molar-refractivity contribution in [2.75, 3.05) is 26.8 Å². The molecular formula is C13H18N4O3. The van der Waals surface area contributed by atoms with Crippen molar-refractivity contribution in [2.45, 2.75) is 25.1 Å². The van der Waals surface area contributed by atoms with Crippen LogP contribution < -0.4 is 10.1 Å². The van der Waals surface area contributed by atoms with Crippen LogP contribution in [0.25, 0.3) is 0 Å². The predicted molar refractivity (Wildman–Crippen MR) is 70.1 cm³/mol. The smallest absolute Gasteiger partial charge is 0.316 e. The van der Waals surface area contributed by atoms with Crippen molar-refractivity contribution in [3.63, 3.8) is 0 Å². The van der Waals surface area contributed by atoms with E-state index in [9.17, 15) is 4.79 Å². The molecule has 0 saturated carbocycles. The molecule has 1 aromatic rings. The number of amides is 1. The van der Waals surface area contributed by atoms with Crippen molar-refractivity contribution >= 4 is 5.91 Å². The Morgan fingerprint density at radius 3 is 3.05 bits per heavy atom. The normalized spacial score (nSPS) is 26.8. The lowest BCUT2D eigenvalue weighted by Crippen LogP contribution is -2.60. The Morgan fingerprint density at radius 2 is 2.30 bits per heavy atom. The molecule has 2 aliphatic heterocycles. The highest BCUT2D eigenvalue weighted by Crippen LogP contribution is 2.19. The van der Waals surface area contributed by atoms with Crippen molar-refractivity contribution in [3.8, 4) is 6.01 Å². The number of ether oxygens (including phenoxy) is 2. The maximum Gasteiger partial charge on any atom is 0.316 e. The van der Waals surface area contributed by atoms with Crippen molar-refractivity contribution in [2.24, 2.45) is 0 Å². The molecule has 0 radical (unpaired) electrons. The van der Waals surface area contributed by atoms with Gasteiger partial charge >= 0.3 is 6.01 Å². The van der Waals surface area contributed by atoms with Crippen LogP contribution in [0.15, 0.2) is 12.4 Å². The first-order valence-electron chi connectivity index (χ1n) is 6.73. The maximum absolute atomic E-state index is 11.4. The minimum Gasteiger partial charge on any atom is -0.467 e. The molecule has 1 aromatic heterocycles. The minimum atomic E-state index is -0.0270. The van der Waals surface area contributed by atoms with Crippen LogP contribution in [0.1, 0.15) is 12.0 Å². The van der Waals surface area contributed by atoms with Crippen LogP contribution in [-0.2, 0) is 16.1 Å². The molecule has 20 heavy (non-hydrogen) atoms. The molecular weight excluding hydrogens is 260 g/mol.